The van der Waals surface area contributed by atoms with Crippen molar-refractivity contribution in [3.63, 3.8) is 0 Å². The van der Waals surface area contributed by atoms with Crippen LogP contribution in [0.4, 0.5) is 4.79 Å². The Morgan fingerprint density at radius 3 is 2.00 bits per heavy atom. The number of hydrogen-bond acceptors (Lipinski definition) is 4. The summed E-state index contributed by atoms with van der Waals surface area (Å²) >= 11 is 0. The van der Waals surface area contributed by atoms with Crippen LogP contribution in [0.1, 0.15) is 54.4 Å². The maximum absolute atomic E-state index is 11.7. The third-order valence-electron chi connectivity index (χ3n) is 2.36. The van der Waals surface area contributed by atoms with Gasteiger partial charge in [0.15, 0.2) is 0 Å². The number of hydrogen-bond donors (Lipinski definition) is 1. The van der Waals surface area contributed by atoms with Crippen molar-refractivity contribution in [2.45, 2.75) is 66.0 Å². The van der Waals surface area contributed by atoms with Gasteiger partial charge in [0.1, 0.15) is 11.6 Å². The van der Waals surface area contributed by atoms with E-state index in [2.05, 4.69) is 26.1 Å². The molecule has 1 N–H and O–H groups in total. The zero-order chi connectivity index (χ0) is 15.3. The summed E-state index contributed by atoms with van der Waals surface area (Å²) in [5, 5.41) is 2.56. The van der Waals surface area contributed by atoms with E-state index in [-0.39, 0.29) is 5.41 Å². The van der Waals surface area contributed by atoms with Crippen molar-refractivity contribution in [1.82, 2.24) is 5.32 Å². The van der Waals surface area contributed by atoms with E-state index < -0.39 is 23.7 Å². The number of rotatable bonds is 4. The monoisotopic (exact) mass is 273 g/mol. The van der Waals surface area contributed by atoms with Crippen LogP contribution >= 0.6 is 0 Å². The first-order valence-corrected chi connectivity index (χ1v) is 6.52. The molecule has 5 heteroatoms. The molecule has 0 rings (SSSR count). The molecule has 1 amide bonds. The van der Waals surface area contributed by atoms with E-state index in [1.165, 1.54) is 7.11 Å². The Balaban J connectivity index is 4.52. The van der Waals surface area contributed by atoms with Crippen LogP contribution in [0.2, 0.25) is 0 Å². The first-order chi connectivity index (χ1) is 8.44. The maximum atomic E-state index is 11.7. The van der Waals surface area contributed by atoms with Gasteiger partial charge in [-0.1, -0.05) is 20.8 Å². The van der Waals surface area contributed by atoms with Gasteiger partial charge in [0.2, 0.25) is 0 Å². The maximum Gasteiger partial charge on any atom is 0.408 e. The van der Waals surface area contributed by atoms with Gasteiger partial charge in [0.05, 0.1) is 7.11 Å². The lowest BCUT2D eigenvalue weighted by atomic mass is 9.89. The zero-order valence-corrected chi connectivity index (χ0v) is 13.1. The van der Waals surface area contributed by atoms with Gasteiger partial charge in [-0.25, -0.2) is 9.59 Å². The smallest absolute Gasteiger partial charge is 0.408 e. The molecule has 0 bridgehead atoms. The van der Waals surface area contributed by atoms with Crippen molar-refractivity contribution in [2.75, 3.05) is 7.11 Å². The molecule has 112 valence electrons. The van der Waals surface area contributed by atoms with Crippen molar-refractivity contribution in [3.05, 3.63) is 0 Å². The molecule has 0 fully saturated rings. The molecule has 0 heterocycles. The fourth-order valence-electron chi connectivity index (χ4n) is 1.42. The summed E-state index contributed by atoms with van der Waals surface area (Å²) in [6.07, 6.45) is 0.717. The number of amides is 1. The predicted molar refractivity (Wildman–Crippen MR) is 73.9 cm³/mol. The molecule has 0 spiro atoms. The molecule has 0 aromatic rings. The topological polar surface area (TPSA) is 64.6 Å². The molecule has 0 radical (unpaired) electrons. The van der Waals surface area contributed by atoms with E-state index in [0.717, 1.165) is 6.42 Å². The van der Waals surface area contributed by atoms with E-state index in [0.29, 0.717) is 6.42 Å². The van der Waals surface area contributed by atoms with Crippen LogP contribution in [0.15, 0.2) is 0 Å². The SMILES string of the molecule is COC(=O)C(CCC(C)(C)C)NC(=O)OC(C)(C)C. The molecule has 0 aromatic heterocycles. The van der Waals surface area contributed by atoms with Crippen LogP contribution in [-0.2, 0) is 14.3 Å². The van der Waals surface area contributed by atoms with Gasteiger partial charge in [0.25, 0.3) is 0 Å². The molecule has 0 aromatic carbocycles. The number of carbonyl (C=O) groups excluding carboxylic acids is 2. The summed E-state index contributed by atoms with van der Waals surface area (Å²) in [6, 6.07) is -0.668. The lowest BCUT2D eigenvalue weighted by Gasteiger charge is -2.24. The lowest BCUT2D eigenvalue weighted by molar-refractivity contribution is -0.143. The Kier molecular flexibility index (Phi) is 6.33. The molecule has 5 nitrogen and oxygen atoms in total. The summed E-state index contributed by atoms with van der Waals surface area (Å²) in [6.45, 7) is 11.6. The molecular formula is C14H27NO4. The third-order valence-corrected chi connectivity index (χ3v) is 2.36. The molecule has 0 aliphatic rings. The Morgan fingerprint density at radius 1 is 1.11 bits per heavy atom. The van der Waals surface area contributed by atoms with Crippen molar-refractivity contribution in [2.24, 2.45) is 5.41 Å². The highest BCUT2D eigenvalue weighted by atomic mass is 16.6. The standard InChI is InChI=1S/C14H27NO4/c1-13(2,3)9-8-10(11(16)18-7)15-12(17)19-14(4,5)6/h10H,8-9H2,1-7H3,(H,15,17). The van der Waals surface area contributed by atoms with E-state index in [9.17, 15) is 9.59 Å². The molecule has 19 heavy (non-hydrogen) atoms. The normalized spacial score (nSPS) is 13.6. The number of methoxy groups -OCH3 is 1. The Morgan fingerprint density at radius 2 is 1.63 bits per heavy atom. The Bertz CT molecular complexity index is 312. The molecular weight excluding hydrogens is 246 g/mol. The minimum Gasteiger partial charge on any atom is -0.467 e. The van der Waals surface area contributed by atoms with Crippen molar-refractivity contribution < 1.29 is 19.1 Å². The number of nitrogens with one attached hydrogen (secondary N) is 1. The average molecular weight is 273 g/mol. The average Bonchev–Trinajstić information content (AvgIpc) is 2.19. The third kappa shape index (κ3) is 9.33. The highest BCUT2D eigenvalue weighted by Crippen LogP contribution is 2.22. The molecule has 1 unspecified atom stereocenters. The van der Waals surface area contributed by atoms with Gasteiger partial charge in [-0.05, 0) is 39.0 Å². The predicted octanol–water partition coefficient (Wildman–Crippen LogP) is 2.88. The molecule has 0 saturated carbocycles. The van der Waals surface area contributed by atoms with Crippen LogP contribution in [-0.4, -0.2) is 30.8 Å². The summed E-state index contributed by atoms with van der Waals surface area (Å²) in [5.74, 6) is -0.449. The van der Waals surface area contributed by atoms with E-state index in [1.807, 2.05) is 0 Å². The van der Waals surface area contributed by atoms with Crippen molar-refractivity contribution in [3.8, 4) is 0 Å². The van der Waals surface area contributed by atoms with Crippen molar-refractivity contribution in [1.29, 1.82) is 0 Å². The highest BCUT2D eigenvalue weighted by molar-refractivity contribution is 5.81. The van der Waals surface area contributed by atoms with Gasteiger partial charge in [-0.3, -0.25) is 0 Å². The first-order valence-electron chi connectivity index (χ1n) is 6.52. The summed E-state index contributed by atoms with van der Waals surface area (Å²) < 4.78 is 9.84. The van der Waals surface area contributed by atoms with E-state index in [1.54, 1.807) is 20.8 Å². The first kappa shape index (κ1) is 17.7. The zero-order valence-electron chi connectivity index (χ0n) is 13.1. The van der Waals surface area contributed by atoms with Crippen LogP contribution in [0, 0.1) is 5.41 Å². The van der Waals surface area contributed by atoms with Gasteiger partial charge >= 0.3 is 12.1 Å². The van der Waals surface area contributed by atoms with E-state index >= 15 is 0 Å². The minimum absolute atomic E-state index is 0.0852. The second-order valence-electron chi connectivity index (χ2n) is 6.82. The van der Waals surface area contributed by atoms with Gasteiger partial charge in [0, 0.05) is 0 Å². The number of esters is 1. The molecule has 0 aliphatic heterocycles. The highest BCUT2D eigenvalue weighted by Gasteiger charge is 2.26. The number of alkyl carbamates (subject to hydrolysis) is 1. The number of ether oxygens (including phenoxy) is 2. The van der Waals surface area contributed by atoms with Crippen LogP contribution < -0.4 is 5.32 Å². The van der Waals surface area contributed by atoms with Crippen molar-refractivity contribution >= 4 is 12.1 Å². The van der Waals surface area contributed by atoms with Crippen LogP contribution in [0.25, 0.3) is 0 Å². The summed E-state index contributed by atoms with van der Waals surface area (Å²) in [7, 11) is 1.31. The van der Waals surface area contributed by atoms with Gasteiger partial charge in [-0.15, -0.1) is 0 Å². The van der Waals surface area contributed by atoms with Gasteiger partial charge < -0.3 is 14.8 Å². The fraction of sp³-hybridized carbons (Fsp3) is 0.857. The molecule has 1 atom stereocenters. The summed E-state index contributed by atoms with van der Waals surface area (Å²) in [5.41, 5.74) is -0.503. The Hall–Kier alpha value is -1.26. The van der Waals surface area contributed by atoms with Crippen LogP contribution in [0.5, 0.6) is 0 Å². The molecule has 0 aliphatic carbocycles. The van der Waals surface area contributed by atoms with E-state index in [4.69, 9.17) is 9.47 Å². The largest absolute Gasteiger partial charge is 0.467 e. The second kappa shape index (κ2) is 6.78. The quantitative estimate of drug-likeness (QED) is 0.800. The second-order valence-corrected chi connectivity index (χ2v) is 6.82. The number of carbonyl (C=O) groups is 2. The van der Waals surface area contributed by atoms with Crippen LogP contribution in [0.3, 0.4) is 0 Å². The molecule has 0 saturated heterocycles. The minimum atomic E-state index is -0.668. The summed E-state index contributed by atoms with van der Waals surface area (Å²) in [4.78, 5) is 23.3. The lowest BCUT2D eigenvalue weighted by Crippen LogP contribution is -2.44. The Labute approximate surface area is 116 Å². The fourth-order valence-corrected chi connectivity index (χ4v) is 1.42. The van der Waals surface area contributed by atoms with Gasteiger partial charge in [-0.2, -0.15) is 0 Å².